The molecule has 0 spiro atoms. The van der Waals surface area contributed by atoms with Crippen LogP contribution >= 0.6 is 0 Å². The lowest BCUT2D eigenvalue weighted by Crippen LogP contribution is -2.24. The Hall–Kier alpha value is -1.03. The van der Waals surface area contributed by atoms with E-state index in [9.17, 15) is 18.3 Å². The van der Waals surface area contributed by atoms with Crippen LogP contribution in [0.4, 0.5) is 13.2 Å². The van der Waals surface area contributed by atoms with Crippen molar-refractivity contribution in [3.8, 4) is 0 Å². The number of alkyl halides is 3. The van der Waals surface area contributed by atoms with Gasteiger partial charge in [0.2, 0.25) is 0 Å². The number of rotatable bonds is 3. The maximum Gasteiger partial charge on any atom is 0.416 e. The van der Waals surface area contributed by atoms with Gasteiger partial charge in [-0.1, -0.05) is 25.0 Å². The SMILES string of the molecule is OCC1(Cc2ccc(C(F)(F)F)cc2)CCCC1. The van der Waals surface area contributed by atoms with Gasteiger partial charge in [0.1, 0.15) is 0 Å². The molecule has 1 aliphatic rings. The van der Waals surface area contributed by atoms with Gasteiger partial charge >= 0.3 is 6.18 Å². The molecule has 0 saturated heterocycles. The molecule has 100 valence electrons. The van der Waals surface area contributed by atoms with Crippen molar-refractivity contribution in [1.82, 2.24) is 0 Å². The number of aliphatic hydroxyl groups is 1. The van der Waals surface area contributed by atoms with Crippen LogP contribution in [0.1, 0.15) is 36.8 Å². The minimum absolute atomic E-state index is 0.111. The molecule has 0 unspecified atom stereocenters. The van der Waals surface area contributed by atoms with E-state index in [-0.39, 0.29) is 12.0 Å². The van der Waals surface area contributed by atoms with Gasteiger partial charge < -0.3 is 5.11 Å². The van der Waals surface area contributed by atoms with Crippen molar-refractivity contribution in [2.45, 2.75) is 38.3 Å². The summed E-state index contributed by atoms with van der Waals surface area (Å²) in [7, 11) is 0. The molecule has 1 N–H and O–H groups in total. The third-order valence-corrected chi connectivity index (χ3v) is 3.86. The minimum Gasteiger partial charge on any atom is -0.396 e. The average Bonchev–Trinajstić information content (AvgIpc) is 2.78. The smallest absolute Gasteiger partial charge is 0.396 e. The van der Waals surface area contributed by atoms with E-state index in [0.717, 1.165) is 43.4 Å². The highest BCUT2D eigenvalue weighted by molar-refractivity contribution is 5.25. The summed E-state index contributed by atoms with van der Waals surface area (Å²) >= 11 is 0. The van der Waals surface area contributed by atoms with Gasteiger partial charge in [-0.3, -0.25) is 0 Å². The molecule has 0 atom stereocenters. The van der Waals surface area contributed by atoms with Crippen molar-refractivity contribution in [1.29, 1.82) is 0 Å². The number of benzene rings is 1. The zero-order chi connectivity index (χ0) is 13.2. The van der Waals surface area contributed by atoms with Crippen LogP contribution in [0.15, 0.2) is 24.3 Å². The number of halogens is 3. The molecule has 1 aromatic carbocycles. The monoisotopic (exact) mass is 258 g/mol. The van der Waals surface area contributed by atoms with Crippen molar-refractivity contribution in [3.05, 3.63) is 35.4 Å². The maximum atomic E-state index is 12.4. The van der Waals surface area contributed by atoms with Gasteiger partial charge in [-0.15, -0.1) is 0 Å². The number of hydrogen-bond acceptors (Lipinski definition) is 1. The van der Waals surface area contributed by atoms with E-state index in [4.69, 9.17) is 0 Å². The third-order valence-electron chi connectivity index (χ3n) is 3.86. The van der Waals surface area contributed by atoms with Crippen molar-refractivity contribution >= 4 is 0 Å². The second kappa shape index (κ2) is 4.92. The molecule has 1 fully saturated rings. The molecule has 0 aliphatic heterocycles. The van der Waals surface area contributed by atoms with Crippen LogP contribution < -0.4 is 0 Å². The first kappa shape index (κ1) is 13.4. The molecular formula is C14H17F3O. The van der Waals surface area contributed by atoms with E-state index in [1.54, 1.807) is 0 Å². The first-order valence-electron chi connectivity index (χ1n) is 6.22. The Balaban J connectivity index is 2.11. The molecule has 0 radical (unpaired) electrons. The summed E-state index contributed by atoms with van der Waals surface area (Å²) < 4.78 is 37.3. The molecule has 0 amide bonds. The highest BCUT2D eigenvalue weighted by atomic mass is 19.4. The second-order valence-electron chi connectivity index (χ2n) is 5.24. The fourth-order valence-corrected chi connectivity index (χ4v) is 2.76. The first-order valence-corrected chi connectivity index (χ1v) is 6.22. The maximum absolute atomic E-state index is 12.4. The lowest BCUT2D eigenvalue weighted by atomic mass is 9.81. The fraction of sp³-hybridized carbons (Fsp3) is 0.571. The molecule has 0 bridgehead atoms. The van der Waals surface area contributed by atoms with E-state index < -0.39 is 11.7 Å². The van der Waals surface area contributed by atoms with Crippen LogP contribution in [0, 0.1) is 5.41 Å². The Morgan fingerprint density at radius 1 is 1.06 bits per heavy atom. The van der Waals surface area contributed by atoms with Crippen molar-refractivity contribution in [2.75, 3.05) is 6.61 Å². The fourth-order valence-electron chi connectivity index (χ4n) is 2.76. The van der Waals surface area contributed by atoms with Crippen LogP contribution in [0.3, 0.4) is 0 Å². The van der Waals surface area contributed by atoms with Gasteiger partial charge in [-0.25, -0.2) is 0 Å². The normalized spacial score (nSPS) is 19.1. The summed E-state index contributed by atoms with van der Waals surface area (Å²) in [6.45, 7) is 0.119. The van der Waals surface area contributed by atoms with Gasteiger partial charge in [-0.05, 0) is 42.4 Å². The highest BCUT2D eigenvalue weighted by Gasteiger charge is 2.34. The lowest BCUT2D eigenvalue weighted by molar-refractivity contribution is -0.137. The topological polar surface area (TPSA) is 20.2 Å². The highest BCUT2D eigenvalue weighted by Crippen LogP contribution is 2.40. The van der Waals surface area contributed by atoms with Gasteiger partial charge in [0.25, 0.3) is 0 Å². The molecule has 1 aromatic rings. The number of hydrogen-bond donors (Lipinski definition) is 1. The molecule has 18 heavy (non-hydrogen) atoms. The number of aliphatic hydroxyl groups excluding tert-OH is 1. The Morgan fingerprint density at radius 2 is 1.61 bits per heavy atom. The van der Waals surface area contributed by atoms with Gasteiger partial charge in [0, 0.05) is 6.61 Å². The van der Waals surface area contributed by atoms with E-state index in [2.05, 4.69) is 0 Å². The van der Waals surface area contributed by atoms with Crippen molar-refractivity contribution < 1.29 is 18.3 Å². The predicted molar refractivity (Wildman–Crippen MR) is 63.1 cm³/mol. The Bertz CT molecular complexity index is 388. The second-order valence-corrected chi connectivity index (χ2v) is 5.24. The van der Waals surface area contributed by atoms with Crippen LogP contribution in [-0.2, 0) is 12.6 Å². The standard InChI is InChI=1S/C14H17F3O/c15-14(16,17)12-5-3-11(4-6-12)9-13(10-18)7-1-2-8-13/h3-6,18H,1-2,7-10H2. The zero-order valence-electron chi connectivity index (χ0n) is 10.1. The van der Waals surface area contributed by atoms with Crippen LogP contribution in [0.5, 0.6) is 0 Å². The molecular weight excluding hydrogens is 241 g/mol. The van der Waals surface area contributed by atoms with Gasteiger partial charge in [0.15, 0.2) is 0 Å². The van der Waals surface area contributed by atoms with Crippen molar-refractivity contribution in [3.63, 3.8) is 0 Å². The Morgan fingerprint density at radius 3 is 2.06 bits per heavy atom. The zero-order valence-corrected chi connectivity index (χ0v) is 10.1. The van der Waals surface area contributed by atoms with Crippen LogP contribution in [-0.4, -0.2) is 11.7 Å². The van der Waals surface area contributed by atoms with E-state index >= 15 is 0 Å². The molecule has 2 rings (SSSR count). The molecule has 1 saturated carbocycles. The van der Waals surface area contributed by atoms with Gasteiger partial charge in [-0.2, -0.15) is 13.2 Å². The summed E-state index contributed by atoms with van der Waals surface area (Å²) in [6, 6.07) is 5.29. The summed E-state index contributed by atoms with van der Waals surface area (Å²) in [5, 5.41) is 9.48. The molecule has 4 heteroatoms. The van der Waals surface area contributed by atoms with Gasteiger partial charge in [0.05, 0.1) is 5.56 Å². The summed E-state index contributed by atoms with van der Waals surface area (Å²) in [4.78, 5) is 0. The predicted octanol–water partition coefficient (Wildman–Crippen LogP) is 3.80. The van der Waals surface area contributed by atoms with Crippen molar-refractivity contribution in [2.24, 2.45) is 5.41 Å². The quantitative estimate of drug-likeness (QED) is 0.874. The largest absolute Gasteiger partial charge is 0.416 e. The van der Waals surface area contributed by atoms with E-state index in [1.165, 1.54) is 12.1 Å². The first-order chi connectivity index (χ1) is 8.45. The Kier molecular flexibility index (Phi) is 3.66. The third kappa shape index (κ3) is 2.86. The lowest BCUT2D eigenvalue weighted by Gasteiger charge is -2.26. The van der Waals surface area contributed by atoms with E-state index in [1.807, 2.05) is 0 Å². The Labute approximate surface area is 105 Å². The molecule has 1 aliphatic carbocycles. The minimum atomic E-state index is -4.28. The summed E-state index contributed by atoms with van der Waals surface area (Å²) in [5.74, 6) is 0. The summed E-state index contributed by atoms with van der Waals surface area (Å²) in [5.41, 5.74) is 0.148. The molecule has 0 aromatic heterocycles. The average molecular weight is 258 g/mol. The van der Waals surface area contributed by atoms with Crippen LogP contribution in [0.25, 0.3) is 0 Å². The molecule has 0 heterocycles. The summed E-state index contributed by atoms with van der Waals surface area (Å²) in [6.07, 6.45) is 0.514. The van der Waals surface area contributed by atoms with E-state index in [0.29, 0.717) is 6.42 Å². The molecule has 1 nitrogen and oxygen atoms in total. The van der Waals surface area contributed by atoms with Crippen LogP contribution in [0.2, 0.25) is 0 Å².